The van der Waals surface area contributed by atoms with Crippen LogP contribution in [0, 0.1) is 13.8 Å². The SMILES string of the molecule is Cc1ccc(O)c(C)c1NC(=O)c1cnc(Nc2ccn(CC(=O)NC(C)CO)n2)s1. The summed E-state index contributed by atoms with van der Waals surface area (Å²) in [5, 5.41) is 32.1. The number of carbonyl (C=O) groups excluding carboxylic acids is 2. The Morgan fingerprint density at radius 3 is 2.77 bits per heavy atom. The van der Waals surface area contributed by atoms with Gasteiger partial charge in [0.05, 0.1) is 18.5 Å². The van der Waals surface area contributed by atoms with Gasteiger partial charge in [-0.3, -0.25) is 14.3 Å². The third-order valence-corrected chi connectivity index (χ3v) is 5.39. The number of hydrogen-bond donors (Lipinski definition) is 5. The quantitative estimate of drug-likeness (QED) is 0.358. The fourth-order valence-electron chi connectivity index (χ4n) is 2.78. The van der Waals surface area contributed by atoms with Crippen LogP contribution in [0.15, 0.2) is 30.6 Å². The number of phenolic OH excluding ortho intramolecular Hbond substituents is 1. The van der Waals surface area contributed by atoms with E-state index in [-0.39, 0.29) is 36.8 Å². The number of rotatable bonds is 8. The highest BCUT2D eigenvalue weighted by Gasteiger charge is 2.15. The normalized spacial score (nSPS) is 11.7. The van der Waals surface area contributed by atoms with Crippen molar-refractivity contribution in [3.63, 3.8) is 0 Å². The molecule has 2 heterocycles. The van der Waals surface area contributed by atoms with Crippen LogP contribution in [0.25, 0.3) is 0 Å². The van der Waals surface area contributed by atoms with E-state index < -0.39 is 0 Å². The number of thiazole rings is 1. The Bertz CT molecular complexity index is 1090. The number of aromatic hydroxyl groups is 1. The fourth-order valence-corrected chi connectivity index (χ4v) is 3.50. The molecule has 2 amide bonds. The zero-order valence-corrected chi connectivity index (χ0v) is 18.2. The molecule has 0 saturated carbocycles. The Labute approximate surface area is 182 Å². The number of hydrogen-bond acceptors (Lipinski definition) is 8. The Kier molecular flexibility index (Phi) is 6.88. The molecule has 0 aliphatic carbocycles. The van der Waals surface area contributed by atoms with Crippen molar-refractivity contribution in [1.29, 1.82) is 0 Å². The molecular formula is C20H24N6O4S. The molecule has 10 nitrogen and oxygen atoms in total. The molecule has 3 aromatic rings. The van der Waals surface area contributed by atoms with E-state index in [1.807, 2.05) is 6.92 Å². The molecule has 5 N–H and O–H groups in total. The molecule has 1 aromatic carbocycles. The average molecular weight is 445 g/mol. The Hall–Kier alpha value is -3.44. The molecule has 0 aliphatic heterocycles. The number of aromatic nitrogens is 3. The number of nitrogens with one attached hydrogen (secondary N) is 3. The standard InChI is InChI=1S/C20H24N6O4S/c1-11-4-5-14(28)13(3)18(11)24-19(30)15-8-21-20(31-15)23-16-6-7-26(25-16)9-17(29)22-12(2)10-27/h4-8,12,27-28H,9-10H2,1-3H3,(H,22,29)(H,24,30)(H,21,23,25). The predicted octanol–water partition coefficient (Wildman–Crippen LogP) is 2.15. The smallest absolute Gasteiger partial charge is 0.267 e. The summed E-state index contributed by atoms with van der Waals surface area (Å²) in [6, 6.07) is 4.68. The van der Waals surface area contributed by atoms with E-state index in [1.54, 1.807) is 38.2 Å². The first kappa shape index (κ1) is 22.2. The highest BCUT2D eigenvalue weighted by atomic mass is 32.1. The molecule has 0 spiro atoms. The molecule has 0 bridgehead atoms. The number of phenols is 1. The van der Waals surface area contributed by atoms with E-state index in [9.17, 15) is 14.7 Å². The second-order valence-corrected chi connectivity index (χ2v) is 8.09. The van der Waals surface area contributed by atoms with Crippen LogP contribution in [0.1, 0.15) is 27.7 Å². The summed E-state index contributed by atoms with van der Waals surface area (Å²) < 4.78 is 1.45. The van der Waals surface area contributed by atoms with Gasteiger partial charge in [0.1, 0.15) is 17.2 Å². The van der Waals surface area contributed by atoms with Crippen molar-refractivity contribution in [2.24, 2.45) is 0 Å². The van der Waals surface area contributed by atoms with Gasteiger partial charge in [-0.2, -0.15) is 5.10 Å². The monoisotopic (exact) mass is 444 g/mol. The van der Waals surface area contributed by atoms with Gasteiger partial charge in [-0.15, -0.1) is 0 Å². The minimum Gasteiger partial charge on any atom is -0.508 e. The van der Waals surface area contributed by atoms with Crippen LogP contribution in [-0.2, 0) is 11.3 Å². The lowest BCUT2D eigenvalue weighted by molar-refractivity contribution is -0.122. The molecular weight excluding hydrogens is 420 g/mol. The van der Waals surface area contributed by atoms with Crippen LogP contribution in [0.5, 0.6) is 5.75 Å². The highest BCUT2D eigenvalue weighted by molar-refractivity contribution is 7.17. The summed E-state index contributed by atoms with van der Waals surface area (Å²) in [5.74, 6) is -0.00359. The number of aryl methyl sites for hydroxylation is 1. The van der Waals surface area contributed by atoms with E-state index in [2.05, 4.69) is 26.0 Å². The molecule has 2 aromatic heterocycles. The number of benzene rings is 1. The van der Waals surface area contributed by atoms with Crippen LogP contribution >= 0.6 is 11.3 Å². The Balaban J connectivity index is 1.62. The number of carbonyl (C=O) groups is 2. The van der Waals surface area contributed by atoms with Crippen molar-refractivity contribution in [1.82, 2.24) is 20.1 Å². The van der Waals surface area contributed by atoms with Gasteiger partial charge in [0.15, 0.2) is 10.9 Å². The predicted molar refractivity (Wildman–Crippen MR) is 118 cm³/mol. The van der Waals surface area contributed by atoms with E-state index in [0.717, 1.165) is 16.9 Å². The average Bonchev–Trinajstić information content (AvgIpc) is 3.37. The fraction of sp³-hybridized carbons (Fsp3) is 0.300. The van der Waals surface area contributed by atoms with Gasteiger partial charge in [-0.25, -0.2) is 4.98 Å². The second kappa shape index (κ2) is 9.58. The summed E-state index contributed by atoms with van der Waals surface area (Å²) in [7, 11) is 0. The van der Waals surface area contributed by atoms with Crippen LogP contribution in [0.2, 0.25) is 0 Å². The van der Waals surface area contributed by atoms with Crippen LogP contribution < -0.4 is 16.0 Å². The maximum absolute atomic E-state index is 12.6. The lowest BCUT2D eigenvalue weighted by Gasteiger charge is -2.11. The minimum absolute atomic E-state index is 0.0141. The van der Waals surface area contributed by atoms with Gasteiger partial charge in [-0.05, 0) is 32.4 Å². The number of aliphatic hydroxyl groups is 1. The van der Waals surface area contributed by atoms with Gasteiger partial charge >= 0.3 is 0 Å². The van der Waals surface area contributed by atoms with Crippen LogP contribution in [0.4, 0.5) is 16.6 Å². The first-order valence-electron chi connectivity index (χ1n) is 9.54. The summed E-state index contributed by atoms with van der Waals surface area (Å²) >= 11 is 1.15. The van der Waals surface area contributed by atoms with Gasteiger partial charge in [0, 0.05) is 23.9 Å². The zero-order chi connectivity index (χ0) is 22.5. The van der Waals surface area contributed by atoms with Gasteiger partial charge < -0.3 is 26.2 Å². The molecule has 11 heteroatoms. The summed E-state index contributed by atoms with van der Waals surface area (Å²) in [5.41, 5.74) is 2.01. The topological polar surface area (TPSA) is 141 Å². The number of anilines is 3. The van der Waals surface area contributed by atoms with Crippen LogP contribution in [0.3, 0.4) is 0 Å². The third-order valence-electron chi connectivity index (χ3n) is 4.48. The summed E-state index contributed by atoms with van der Waals surface area (Å²) in [6.07, 6.45) is 3.09. The molecule has 0 radical (unpaired) electrons. The van der Waals surface area contributed by atoms with E-state index in [4.69, 9.17) is 5.11 Å². The minimum atomic E-state index is -0.331. The zero-order valence-electron chi connectivity index (χ0n) is 17.3. The molecule has 0 saturated heterocycles. The van der Waals surface area contributed by atoms with Crippen molar-refractivity contribution in [2.75, 3.05) is 17.2 Å². The van der Waals surface area contributed by atoms with E-state index in [1.165, 1.54) is 10.9 Å². The molecule has 1 unspecified atom stereocenters. The van der Waals surface area contributed by atoms with Gasteiger partial charge in [-0.1, -0.05) is 17.4 Å². The molecule has 0 fully saturated rings. The van der Waals surface area contributed by atoms with Crippen molar-refractivity contribution in [2.45, 2.75) is 33.4 Å². The maximum Gasteiger partial charge on any atom is 0.267 e. The lowest BCUT2D eigenvalue weighted by atomic mass is 10.1. The molecule has 31 heavy (non-hydrogen) atoms. The summed E-state index contributed by atoms with van der Waals surface area (Å²) in [4.78, 5) is 29.1. The van der Waals surface area contributed by atoms with Gasteiger partial charge in [0.2, 0.25) is 5.91 Å². The Morgan fingerprint density at radius 1 is 1.26 bits per heavy atom. The van der Waals surface area contributed by atoms with Crippen molar-refractivity contribution < 1.29 is 19.8 Å². The molecule has 1 atom stereocenters. The maximum atomic E-state index is 12.6. The number of amides is 2. The van der Waals surface area contributed by atoms with Gasteiger partial charge in [0.25, 0.3) is 5.91 Å². The second-order valence-electron chi connectivity index (χ2n) is 7.06. The van der Waals surface area contributed by atoms with E-state index in [0.29, 0.717) is 27.1 Å². The molecule has 3 rings (SSSR count). The lowest BCUT2D eigenvalue weighted by Crippen LogP contribution is -2.37. The van der Waals surface area contributed by atoms with E-state index >= 15 is 0 Å². The molecule has 164 valence electrons. The Morgan fingerprint density at radius 2 is 2.03 bits per heavy atom. The first-order valence-corrected chi connectivity index (χ1v) is 10.4. The van der Waals surface area contributed by atoms with Crippen molar-refractivity contribution in [3.05, 3.63) is 46.6 Å². The highest BCUT2D eigenvalue weighted by Crippen LogP contribution is 2.29. The first-order chi connectivity index (χ1) is 14.8. The summed E-state index contributed by atoms with van der Waals surface area (Å²) in [6.45, 7) is 5.16. The largest absolute Gasteiger partial charge is 0.508 e. The number of aliphatic hydroxyl groups excluding tert-OH is 1. The number of nitrogens with zero attached hydrogens (tertiary/aromatic N) is 3. The molecule has 0 aliphatic rings. The van der Waals surface area contributed by atoms with Crippen molar-refractivity contribution >= 4 is 39.8 Å². The third kappa shape index (κ3) is 5.58. The van der Waals surface area contributed by atoms with Crippen molar-refractivity contribution in [3.8, 4) is 5.75 Å². The van der Waals surface area contributed by atoms with Crippen LogP contribution in [-0.4, -0.2) is 49.4 Å².